The molecule has 3 N–H and O–H groups in total. The number of carbonyl (C=O) groups excluding carboxylic acids is 2. The number of ether oxygens (including phenoxy) is 1. The molecule has 0 aliphatic heterocycles. The van der Waals surface area contributed by atoms with Crippen molar-refractivity contribution in [2.75, 3.05) is 24.3 Å². The molecule has 2 amide bonds. The summed E-state index contributed by atoms with van der Waals surface area (Å²) in [6, 6.07) is 15.1. The molecular formula is C23H29N3O3. The average molecular weight is 396 g/mol. The van der Waals surface area contributed by atoms with Crippen LogP contribution in [-0.2, 0) is 9.53 Å². The largest absolute Gasteiger partial charge is 0.377 e. The number of hydrogen-bond acceptors (Lipinski definition) is 4. The van der Waals surface area contributed by atoms with Crippen LogP contribution >= 0.6 is 0 Å². The van der Waals surface area contributed by atoms with E-state index in [1.165, 1.54) is 0 Å². The lowest BCUT2D eigenvalue weighted by Crippen LogP contribution is -2.33. The number of nitrogens with one attached hydrogen (secondary N) is 3. The lowest BCUT2D eigenvalue weighted by Gasteiger charge is -2.15. The van der Waals surface area contributed by atoms with Crippen LogP contribution in [0.2, 0.25) is 0 Å². The standard InChI is InChI=1S/C23H29N3O3/c1-16(29-2)17-8-7-11-19(14-17)24-15-22(27)26-21-13-6-5-12-20(21)23(28)25-18-9-3-4-10-18/h5-8,11-14,16,18,24H,3-4,9-10,15H2,1-2H3,(H,25,28)(H,26,27)/t16-/m0/s1. The van der Waals surface area contributed by atoms with Crippen molar-refractivity contribution < 1.29 is 14.3 Å². The van der Waals surface area contributed by atoms with Crippen LogP contribution < -0.4 is 16.0 Å². The van der Waals surface area contributed by atoms with Gasteiger partial charge in [-0.3, -0.25) is 9.59 Å². The van der Waals surface area contributed by atoms with E-state index in [0.717, 1.165) is 36.9 Å². The molecule has 6 nitrogen and oxygen atoms in total. The van der Waals surface area contributed by atoms with E-state index in [9.17, 15) is 9.59 Å². The molecule has 29 heavy (non-hydrogen) atoms. The highest BCUT2D eigenvalue weighted by atomic mass is 16.5. The second-order valence-corrected chi connectivity index (χ2v) is 7.41. The quantitative estimate of drug-likeness (QED) is 0.628. The lowest BCUT2D eigenvalue weighted by molar-refractivity contribution is -0.114. The van der Waals surface area contributed by atoms with Gasteiger partial charge in [0.15, 0.2) is 0 Å². The van der Waals surface area contributed by atoms with Gasteiger partial charge < -0.3 is 20.7 Å². The van der Waals surface area contributed by atoms with Gasteiger partial charge in [0.25, 0.3) is 5.91 Å². The smallest absolute Gasteiger partial charge is 0.253 e. The molecule has 6 heteroatoms. The Morgan fingerprint density at radius 1 is 1.10 bits per heavy atom. The Bertz CT molecular complexity index is 847. The fourth-order valence-electron chi connectivity index (χ4n) is 3.54. The number of hydrogen-bond donors (Lipinski definition) is 3. The summed E-state index contributed by atoms with van der Waals surface area (Å²) in [6.45, 7) is 2.07. The maximum atomic E-state index is 12.6. The summed E-state index contributed by atoms with van der Waals surface area (Å²) in [5.74, 6) is -0.349. The van der Waals surface area contributed by atoms with E-state index in [1.807, 2.05) is 37.3 Å². The van der Waals surface area contributed by atoms with E-state index >= 15 is 0 Å². The molecule has 0 unspecified atom stereocenters. The monoisotopic (exact) mass is 395 g/mol. The van der Waals surface area contributed by atoms with E-state index in [4.69, 9.17) is 4.74 Å². The van der Waals surface area contributed by atoms with Crippen LogP contribution in [0.5, 0.6) is 0 Å². The van der Waals surface area contributed by atoms with Crippen molar-refractivity contribution >= 4 is 23.2 Å². The molecule has 0 spiro atoms. The topological polar surface area (TPSA) is 79.5 Å². The molecule has 2 aromatic carbocycles. The molecule has 0 radical (unpaired) electrons. The predicted molar refractivity (Wildman–Crippen MR) is 115 cm³/mol. The molecule has 0 bridgehead atoms. The summed E-state index contributed by atoms with van der Waals surface area (Å²) in [7, 11) is 1.67. The highest BCUT2D eigenvalue weighted by Crippen LogP contribution is 2.21. The number of amides is 2. The summed E-state index contributed by atoms with van der Waals surface area (Å²) in [5, 5.41) is 9.04. The minimum atomic E-state index is -0.212. The molecule has 0 saturated heterocycles. The van der Waals surface area contributed by atoms with Gasteiger partial charge in [0, 0.05) is 18.8 Å². The molecule has 2 aromatic rings. The van der Waals surface area contributed by atoms with Gasteiger partial charge in [-0.2, -0.15) is 0 Å². The van der Waals surface area contributed by atoms with Crippen molar-refractivity contribution in [1.29, 1.82) is 0 Å². The summed E-state index contributed by atoms with van der Waals surface area (Å²) in [6.07, 6.45) is 4.32. The first kappa shape index (κ1) is 20.9. The van der Waals surface area contributed by atoms with Crippen molar-refractivity contribution in [3.05, 3.63) is 59.7 Å². The summed E-state index contributed by atoms with van der Waals surface area (Å²) in [5.41, 5.74) is 2.89. The Kier molecular flexibility index (Phi) is 7.25. The number of anilines is 2. The van der Waals surface area contributed by atoms with Gasteiger partial charge in [0.05, 0.1) is 23.9 Å². The predicted octanol–water partition coefficient (Wildman–Crippen LogP) is 4.12. The molecule has 1 aliphatic rings. The second kappa shape index (κ2) is 10.1. The van der Waals surface area contributed by atoms with Crippen LogP contribution in [0.25, 0.3) is 0 Å². The lowest BCUT2D eigenvalue weighted by atomic mass is 10.1. The third-order valence-corrected chi connectivity index (χ3v) is 5.30. The minimum absolute atomic E-state index is 0.0177. The molecule has 0 heterocycles. The van der Waals surface area contributed by atoms with Gasteiger partial charge in [-0.25, -0.2) is 0 Å². The fraction of sp³-hybridized carbons (Fsp3) is 0.391. The van der Waals surface area contributed by atoms with Gasteiger partial charge in [0.2, 0.25) is 5.91 Å². The summed E-state index contributed by atoms with van der Waals surface area (Å²) >= 11 is 0. The van der Waals surface area contributed by atoms with Gasteiger partial charge in [-0.15, -0.1) is 0 Å². The van der Waals surface area contributed by atoms with E-state index in [2.05, 4.69) is 16.0 Å². The van der Waals surface area contributed by atoms with Crippen LogP contribution in [-0.4, -0.2) is 31.5 Å². The Labute approximate surface area is 172 Å². The van der Waals surface area contributed by atoms with Crippen molar-refractivity contribution in [1.82, 2.24) is 5.32 Å². The van der Waals surface area contributed by atoms with Gasteiger partial charge in [0.1, 0.15) is 0 Å². The zero-order valence-electron chi connectivity index (χ0n) is 17.0. The molecule has 154 valence electrons. The summed E-state index contributed by atoms with van der Waals surface area (Å²) in [4.78, 5) is 25.1. The van der Waals surface area contributed by atoms with Crippen molar-refractivity contribution in [2.24, 2.45) is 0 Å². The van der Waals surface area contributed by atoms with E-state index < -0.39 is 0 Å². The number of carbonyl (C=O) groups is 2. The van der Waals surface area contributed by atoms with Crippen molar-refractivity contribution in [2.45, 2.75) is 44.8 Å². The normalized spacial score (nSPS) is 15.0. The third-order valence-electron chi connectivity index (χ3n) is 5.30. The zero-order valence-corrected chi connectivity index (χ0v) is 17.0. The van der Waals surface area contributed by atoms with Crippen LogP contribution in [0.15, 0.2) is 48.5 Å². The maximum absolute atomic E-state index is 12.6. The number of methoxy groups -OCH3 is 1. The van der Waals surface area contributed by atoms with Crippen molar-refractivity contribution in [3.8, 4) is 0 Å². The minimum Gasteiger partial charge on any atom is -0.377 e. The van der Waals surface area contributed by atoms with Crippen LogP contribution in [0.4, 0.5) is 11.4 Å². The van der Waals surface area contributed by atoms with E-state index in [0.29, 0.717) is 11.3 Å². The highest BCUT2D eigenvalue weighted by molar-refractivity contribution is 6.04. The van der Waals surface area contributed by atoms with Crippen LogP contribution in [0.1, 0.15) is 54.6 Å². The van der Waals surface area contributed by atoms with Gasteiger partial charge >= 0.3 is 0 Å². The highest BCUT2D eigenvalue weighted by Gasteiger charge is 2.20. The molecule has 3 rings (SSSR count). The molecule has 1 aliphatic carbocycles. The van der Waals surface area contributed by atoms with Crippen LogP contribution in [0.3, 0.4) is 0 Å². The Balaban J connectivity index is 1.59. The Hall–Kier alpha value is -2.86. The van der Waals surface area contributed by atoms with Gasteiger partial charge in [-0.1, -0.05) is 37.1 Å². The third kappa shape index (κ3) is 5.81. The zero-order chi connectivity index (χ0) is 20.6. The molecule has 1 fully saturated rings. The SMILES string of the molecule is CO[C@@H](C)c1cccc(NCC(=O)Nc2ccccc2C(=O)NC2CCCC2)c1. The van der Waals surface area contributed by atoms with E-state index in [1.54, 1.807) is 25.3 Å². The molecular weight excluding hydrogens is 366 g/mol. The van der Waals surface area contributed by atoms with Gasteiger partial charge in [-0.05, 0) is 49.6 Å². The number of rotatable bonds is 8. The molecule has 0 aromatic heterocycles. The number of para-hydroxylation sites is 1. The van der Waals surface area contributed by atoms with Crippen molar-refractivity contribution in [3.63, 3.8) is 0 Å². The average Bonchev–Trinajstić information content (AvgIpc) is 3.25. The Morgan fingerprint density at radius 3 is 2.62 bits per heavy atom. The molecule has 1 atom stereocenters. The second-order valence-electron chi connectivity index (χ2n) is 7.41. The number of benzene rings is 2. The summed E-state index contributed by atoms with van der Waals surface area (Å²) < 4.78 is 5.33. The van der Waals surface area contributed by atoms with Crippen LogP contribution in [0, 0.1) is 0 Å². The van der Waals surface area contributed by atoms with E-state index in [-0.39, 0.29) is 30.5 Å². The first-order valence-corrected chi connectivity index (χ1v) is 10.1. The maximum Gasteiger partial charge on any atom is 0.253 e. The fourth-order valence-corrected chi connectivity index (χ4v) is 3.54. The first-order chi connectivity index (χ1) is 14.1. The Morgan fingerprint density at radius 2 is 1.86 bits per heavy atom. The molecule has 1 saturated carbocycles. The first-order valence-electron chi connectivity index (χ1n) is 10.1.